The van der Waals surface area contributed by atoms with Crippen LogP contribution in [0, 0.1) is 0 Å². The maximum atomic E-state index is 12.4. The zero-order chi connectivity index (χ0) is 18.4. The fourth-order valence-electron chi connectivity index (χ4n) is 3.96. The number of piperidine rings is 1. The Morgan fingerprint density at radius 2 is 2.04 bits per heavy atom. The number of nitrogens with zero attached hydrogens (tertiary/aromatic N) is 4. The number of amidine groups is 1. The summed E-state index contributed by atoms with van der Waals surface area (Å²) in [4.78, 5) is 20.7. The van der Waals surface area contributed by atoms with E-state index in [4.69, 9.17) is 10.3 Å². The third kappa shape index (κ3) is 3.89. The summed E-state index contributed by atoms with van der Waals surface area (Å²) in [6, 6.07) is -0.751. The molecule has 4 atom stereocenters. The number of hydrogen-bond donors (Lipinski definition) is 2. The van der Waals surface area contributed by atoms with Gasteiger partial charge in [0.2, 0.25) is 0 Å². The van der Waals surface area contributed by atoms with Crippen molar-refractivity contribution in [3.05, 3.63) is 0 Å². The second-order valence-corrected chi connectivity index (χ2v) is 8.15. The highest BCUT2D eigenvalue weighted by Gasteiger charge is 2.48. The Bertz CT molecular complexity index is 667. The molecular weight excluding hydrogens is 350 g/mol. The van der Waals surface area contributed by atoms with Gasteiger partial charge in [-0.3, -0.25) is 9.55 Å². The summed E-state index contributed by atoms with van der Waals surface area (Å²) in [5.41, 5.74) is 6.18. The summed E-state index contributed by atoms with van der Waals surface area (Å²) in [6.07, 6.45) is 4.09. The van der Waals surface area contributed by atoms with Gasteiger partial charge in [-0.25, -0.2) is 4.79 Å². The fourth-order valence-corrected chi connectivity index (χ4v) is 4.35. The van der Waals surface area contributed by atoms with Gasteiger partial charge in [0.25, 0.3) is 0 Å². The summed E-state index contributed by atoms with van der Waals surface area (Å²) < 4.78 is 35.1. The number of fused-ring (bicyclic) bond motifs is 2. The molecule has 11 heteroatoms. The Morgan fingerprint density at radius 1 is 1.32 bits per heavy atom. The van der Waals surface area contributed by atoms with Crippen LogP contribution in [-0.2, 0) is 14.7 Å². The Labute approximate surface area is 147 Å². The molecule has 0 spiro atoms. The number of carbonyl (C=O) groups is 1. The van der Waals surface area contributed by atoms with Crippen molar-refractivity contribution in [3.8, 4) is 0 Å². The van der Waals surface area contributed by atoms with E-state index in [1.165, 1.54) is 4.90 Å². The molecule has 1 aliphatic carbocycles. The van der Waals surface area contributed by atoms with Crippen LogP contribution in [0.3, 0.4) is 0 Å². The van der Waals surface area contributed by atoms with Crippen LogP contribution in [0.25, 0.3) is 0 Å². The average molecular weight is 375 g/mol. The lowest BCUT2D eigenvalue weighted by Gasteiger charge is -2.30. The lowest BCUT2D eigenvalue weighted by atomic mass is 10.00. The summed E-state index contributed by atoms with van der Waals surface area (Å²) in [6.45, 7) is 0.306. The number of aliphatic imine (C=N–C) groups is 1. The second-order valence-electron chi connectivity index (χ2n) is 7.15. The largest absolute Gasteiger partial charge is 0.418 e. The van der Waals surface area contributed by atoms with Gasteiger partial charge >= 0.3 is 16.4 Å². The van der Waals surface area contributed by atoms with Crippen molar-refractivity contribution in [2.24, 2.45) is 10.7 Å². The average Bonchev–Trinajstić information content (AvgIpc) is 3.06. The van der Waals surface area contributed by atoms with Crippen molar-refractivity contribution in [2.75, 3.05) is 20.6 Å². The number of amides is 2. The van der Waals surface area contributed by atoms with Gasteiger partial charge in [0.05, 0.1) is 18.1 Å². The number of rotatable bonds is 5. The smallest absolute Gasteiger partial charge is 0.386 e. The zero-order valence-electron chi connectivity index (χ0n) is 14.4. The van der Waals surface area contributed by atoms with E-state index in [0.717, 1.165) is 24.3 Å². The van der Waals surface area contributed by atoms with E-state index in [9.17, 15) is 13.2 Å². The highest BCUT2D eigenvalue weighted by atomic mass is 32.3. The number of hydroxylamine groups is 2. The van der Waals surface area contributed by atoms with E-state index >= 15 is 0 Å². The van der Waals surface area contributed by atoms with Crippen LogP contribution < -0.4 is 5.73 Å². The van der Waals surface area contributed by atoms with Crippen LogP contribution in [0.2, 0.25) is 0 Å². The number of hydrogen-bond acceptors (Lipinski definition) is 6. The van der Waals surface area contributed by atoms with Crippen molar-refractivity contribution >= 4 is 22.3 Å². The molecule has 2 heterocycles. The van der Waals surface area contributed by atoms with E-state index in [1.807, 2.05) is 14.1 Å². The Kier molecular flexibility index (Phi) is 4.93. The van der Waals surface area contributed by atoms with E-state index < -0.39 is 22.5 Å². The van der Waals surface area contributed by atoms with Gasteiger partial charge in [0, 0.05) is 12.6 Å². The van der Waals surface area contributed by atoms with Gasteiger partial charge in [0.15, 0.2) is 0 Å². The van der Waals surface area contributed by atoms with Crippen molar-refractivity contribution in [1.82, 2.24) is 14.9 Å². The lowest BCUT2D eigenvalue weighted by Crippen LogP contribution is -2.48. The molecule has 10 nitrogen and oxygen atoms in total. The highest BCUT2D eigenvalue weighted by molar-refractivity contribution is 7.80. The van der Waals surface area contributed by atoms with E-state index in [-0.39, 0.29) is 12.1 Å². The predicted molar refractivity (Wildman–Crippen MR) is 90.1 cm³/mol. The van der Waals surface area contributed by atoms with Crippen LogP contribution in [-0.4, -0.2) is 84.5 Å². The standard InChI is InChI=1S/C14H25N5O5S/c1-17(2)10-4-3-9(7-10)16-13(15)12-6-5-11-8-18(12)14(20)19(11)24-25(21,22)23/h9-12H,3-8H2,1-2H3,(H2,15,16)(H,21,22,23)/t9?,10?,11-,12+/m1/s1. The predicted octanol–water partition coefficient (Wildman–Crippen LogP) is -0.171. The molecule has 2 amide bonds. The molecule has 3 rings (SSSR count). The molecule has 25 heavy (non-hydrogen) atoms. The van der Waals surface area contributed by atoms with E-state index in [1.54, 1.807) is 0 Å². The summed E-state index contributed by atoms with van der Waals surface area (Å²) in [5, 5.41) is 0.722. The molecule has 2 saturated heterocycles. The number of nitrogens with two attached hydrogens (primary N) is 1. The van der Waals surface area contributed by atoms with Crippen LogP contribution in [0.1, 0.15) is 32.1 Å². The Morgan fingerprint density at radius 3 is 2.64 bits per heavy atom. The van der Waals surface area contributed by atoms with Gasteiger partial charge in [-0.15, -0.1) is 4.28 Å². The molecule has 142 valence electrons. The molecule has 2 aliphatic heterocycles. The number of urea groups is 1. The SMILES string of the molecule is CN(C)C1CCC(N=C(N)[C@@H]2CC[C@@H]3CN2C(=O)N3OS(=O)(=O)O)C1. The summed E-state index contributed by atoms with van der Waals surface area (Å²) in [7, 11) is -0.638. The minimum Gasteiger partial charge on any atom is -0.386 e. The first-order valence-electron chi connectivity index (χ1n) is 8.42. The quantitative estimate of drug-likeness (QED) is 0.388. The van der Waals surface area contributed by atoms with Gasteiger partial charge in [-0.2, -0.15) is 13.5 Å². The van der Waals surface area contributed by atoms with E-state index in [2.05, 4.69) is 14.2 Å². The minimum absolute atomic E-state index is 0.146. The second kappa shape index (κ2) is 6.71. The summed E-state index contributed by atoms with van der Waals surface area (Å²) >= 11 is 0. The molecular formula is C14H25N5O5S. The van der Waals surface area contributed by atoms with Gasteiger partial charge in [-0.05, 0) is 46.2 Å². The first-order chi connectivity index (χ1) is 11.7. The molecule has 0 aromatic rings. The topological polar surface area (TPSA) is 129 Å². The first-order valence-corrected chi connectivity index (χ1v) is 9.78. The molecule has 3 fully saturated rings. The highest BCUT2D eigenvalue weighted by Crippen LogP contribution is 2.31. The first kappa shape index (κ1) is 18.4. The zero-order valence-corrected chi connectivity index (χ0v) is 15.2. The maximum absolute atomic E-state index is 12.4. The van der Waals surface area contributed by atoms with E-state index in [0.29, 0.717) is 31.3 Å². The normalized spacial score (nSPS) is 33.6. The van der Waals surface area contributed by atoms with Crippen LogP contribution in [0.5, 0.6) is 0 Å². The molecule has 3 aliphatic rings. The Hall–Kier alpha value is -1.43. The van der Waals surface area contributed by atoms with Crippen molar-refractivity contribution in [3.63, 3.8) is 0 Å². The van der Waals surface area contributed by atoms with Gasteiger partial charge in [-0.1, -0.05) is 0 Å². The third-order valence-electron chi connectivity index (χ3n) is 5.28. The number of carbonyl (C=O) groups excluding carboxylic acids is 1. The van der Waals surface area contributed by atoms with Crippen LogP contribution in [0.15, 0.2) is 4.99 Å². The van der Waals surface area contributed by atoms with Crippen molar-refractivity contribution in [2.45, 2.75) is 56.3 Å². The molecule has 0 radical (unpaired) electrons. The summed E-state index contributed by atoms with van der Waals surface area (Å²) in [5.74, 6) is 0.407. The maximum Gasteiger partial charge on any atom is 0.418 e. The lowest BCUT2D eigenvalue weighted by molar-refractivity contribution is -0.0316. The fraction of sp³-hybridized carbons (Fsp3) is 0.857. The molecule has 2 unspecified atom stereocenters. The Balaban J connectivity index is 1.68. The monoisotopic (exact) mass is 375 g/mol. The molecule has 3 N–H and O–H groups in total. The third-order valence-corrected chi connectivity index (χ3v) is 5.63. The van der Waals surface area contributed by atoms with Crippen LogP contribution >= 0.6 is 0 Å². The molecule has 1 saturated carbocycles. The minimum atomic E-state index is -4.74. The van der Waals surface area contributed by atoms with Gasteiger partial charge < -0.3 is 15.5 Å². The molecule has 0 aromatic heterocycles. The van der Waals surface area contributed by atoms with Crippen LogP contribution in [0.4, 0.5) is 4.79 Å². The van der Waals surface area contributed by atoms with Crippen molar-refractivity contribution < 1.29 is 22.0 Å². The van der Waals surface area contributed by atoms with Gasteiger partial charge in [0.1, 0.15) is 5.84 Å². The molecule has 2 bridgehead atoms. The van der Waals surface area contributed by atoms with Crippen molar-refractivity contribution in [1.29, 1.82) is 0 Å². The molecule has 0 aromatic carbocycles.